The molecule has 1 aromatic carbocycles. The van der Waals surface area contributed by atoms with Gasteiger partial charge in [-0.3, -0.25) is 19.7 Å². The predicted octanol–water partition coefficient (Wildman–Crippen LogP) is 2.80. The number of amides is 3. The molecule has 0 atom stereocenters. The predicted molar refractivity (Wildman–Crippen MR) is 74.3 cm³/mol. The number of rotatable bonds is 2. The summed E-state index contributed by atoms with van der Waals surface area (Å²) in [4.78, 5) is 33.9. The molecule has 1 saturated heterocycles. The maximum atomic E-state index is 11.7. The number of hydrogen-bond acceptors (Lipinski definition) is 4. The van der Waals surface area contributed by atoms with Crippen molar-refractivity contribution in [2.24, 2.45) is 0 Å². The number of carbonyl (C=O) groups is 3. The van der Waals surface area contributed by atoms with Gasteiger partial charge in [0, 0.05) is 11.1 Å². The standard InChI is InChI=1S/C11H6Cl2N2O3S/c12-5-1-2-7(6(13)3-5)14-9(16)4-8-10(17)15-11(18)19-8/h1-4H,(H,14,16)(H,15,17,18)/b8-4-. The Bertz CT molecular complexity index is 616. The third-order valence-electron chi connectivity index (χ3n) is 2.09. The van der Waals surface area contributed by atoms with Gasteiger partial charge in [0.05, 0.1) is 15.6 Å². The molecule has 1 heterocycles. The average Bonchev–Trinajstić information content (AvgIpc) is 2.61. The molecule has 0 bridgehead atoms. The molecule has 0 saturated carbocycles. The van der Waals surface area contributed by atoms with E-state index in [9.17, 15) is 14.4 Å². The molecule has 0 radical (unpaired) electrons. The average molecular weight is 317 g/mol. The van der Waals surface area contributed by atoms with Gasteiger partial charge in [0.2, 0.25) is 5.91 Å². The SMILES string of the molecule is O=C(/C=C1\SC(=O)NC1=O)Nc1ccc(Cl)cc1Cl. The number of carbonyl (C=O) groups excluding carboxylic acids is 3. The molecule has 0 spiro atoms. The van der Waals surface area contributed by atoms with E-state index in [4.69, 9.17) is 23.2 Å². The van der Waals surface area contributed by atoms with Crippen LogP contribution in [-0.4, -0.2) is 17.1 Å². The second-order valence-corrected chi connectivity index (χ2v) is 5.32. The number of imide groups is 1. The maximum absolute atomic E-state index is 11.7. The highest BCUT2D eigenvalue weighted by molar-refractivity contribution is 8.18. The molecule has 1 aromatic rings. The first kappa shape index (κ1) is 13.9. The van der Waals surface area contributed by atoms with Crippen molar-refractivity contribution in [3.8, 4) is 0 Å². The van der Waals surface area contributed by atoms with E-state index in [1.165, 1.54) is 12.1 Å². The van der Waals surface area contributed by atoms with E-state index < -0.39 is 17.1 Å². The van der Waals surface area contributed by atoms with Gasteiger partial charge >= 0.3 is 0 Å². The quantitative estimate of drug-likeness (QED) is 0.823. The largest absolute Gasteiger partial charge is 0.321 e. The highest BCUT2D eigenvalue weighted by atomic mass is 35.5. The Kier molecular flexibility index (Phi) is 4.14. The first-order chi connectivity index (χ1) is 8.95. The van der Waals surface area contributed by atoms with Crippen LogP contribution in [0.1, 0.15) is 0 Å². The minimum atomic E-state index is -0.590. The number of nitrogens with one attached hydrogen (secondary N) is 2. The van der Waals surface area contributed by atoms with Crippen LogP contribution in [0.15, 0.2) is 29.2 Å². The summed E-state index contributed by atoms with van der Waals surface area (Å²) in [5.74, 6) is -1.15. The Labute approximate surface area is 122 Å². The van der Waals surface area contributed by atoms with Gasteiger partial charge in [0.25, 0.3) is 11.1 Å². The monoisotopic (exact) mass is 316 g/mol. The number of anilines is 1. The number of hydrogen-bond donors (Lipinski definition) is 2. The molecule has 3 amide bonds. The summed E-state index contributed by atoms with van der Waals surface area (Å²) >= 11 is 12.3. The number of halogens is 2. The molecule has 0 unspecified atom stereocenters. The second-order valence-electron chi connectivity index (χ2n) is 3.47. The molecule has 8 heteroatoms. The molecule has 19 heavy (non-hydrogen) atoms. The fourth-order valence-corrected chi connectivity index (χ4v) is 2.41. The van der Waals surface area contributed by atoms with Crippen LogP contribution in [0.3, 0.4) is 0 Å². The molecule has 2 rings (SSSR count). The van der Waals surface area contributed by atoms with Crippen LogP contribution in [0.4, 0.5) is 10.5 Å². The third kappa shape index (κ3) is 3.50. The minimum Gasteiger partial charge on any atom is -0.321 e. The van der Waals surface area contributed by atoms with Crippen molar-refractivity contribution in [1.82, 2.24) is 5.32 Å². The zero-order valence-electron chi connectivity index (χ0n) is 9.20. The minimum absolute atomic E-state index is 0.0348. The van der Waals surface area contributed by atoms with Crippen molar-refractivity contribution in [1.29, 1.82) is 0 Å². The summed E-state index contributed by atoms with van der Waals surface area (Å²) in [6, 6.07) is 4.58. The van der Waals surface area contributed by atoms with Gasteiger partial charge in [-0.1, -0.05) is 23.2 Å². The second kappa shape index (κ2) is 5.64. The van der Waals surface area contributed by atoms with E-state index in [1.54, 1.807) is 6.07 Å². The van der Waals surface area contributed by atoms with Gasteiger partial charge in [0.15, 0.2) is 0 Å². The van der Waals surface area contributed by atoms with Crippen molar-refractivity contribution in [2.75, 3.05) is 5.32 Å². The molecule has 1 fully saturated rings. The normalized spacial score (nSPS) is 16.6. The van der Waals surface area contributed by atoms with Crippen LogP contribution in [-0.2, 0) is 9.59 Å². The van der Waals surface area contributed by atoms with E-state index in [2.05, 4.69) is 5.32 Å². The lowest BCUT2D eigenvalue weighted by Gasteiger charge is -2.05. The molecule has 98 valence electrons. The maximum Gasteiger partial charge on any atom is 0.290 e. The Morgan fingerprint density at radius 3 is 2.63 bits per heavy atom. The van der Waals surface area contributed by atoms with Crippen LogP contribution in [0.2, 0.25) is 10.0 Å². The number of benzene rings is 1. The lowest BCUT2D eigenvalue weighted by atomic mass is 10.3. The summed E-state index contributed by atoms with van der Waals surface area (Å²) < 4.78 is 0. The Morgan fingerprint density at radius 2 is 2.05 bits per heavy atom. The van der Waals surface area contributed by atoms with E-state index in [-0.39, 0.29) is 9.93 Å². The molecular formula is C11H6Cl2N2O3S. The highest BCUT2D eigenvalue weighted by Gasteiger charge is 2.25. The van der Waals surface area contributed by atoms with Gasteiger partial charge in [-0.2, -0.15) is 0 Å². The lowest BCUT2D eigenvalue weighted by molar-refractivity contribution is -0.116. The Hall–Kier alpha value is -1.50. The van der Waals surface area contributed by atoms with Gasteiger partial charge in [0.1, 0.15) is 0 Å². The van der Waals surface area contributed by atoms with Gasteiger partial charge in [-0.05, 0) is 30.0 Å². The lowest BCUT2D eigenvalue weighted by Crippen LogP contribution is -2.18. The smallest absolute Gasteiger partial charge is 0.290 e. The van der Waals surface area contributed by atoms with Gasteiger partial charge in [-0.15, -0.1) is 0 Å². The molecular weight excluding hydrogens is 311 g/mol. The molecule has 5 nitrogen and oxygen atoms in total. The fourth-order valence-electron chi connectivity index (χ4n) is 1.30. The van der Waals surface area contributed by atoms with Crippen molar-refractivity contribution in [3.05, 3.63) is 39.2 Å². The Morgan fingerprint density at radius 1 is 1.32 bits per heavy atom. The zero-order valence-corrected chi connectivity index (χ0v) is 11.5. The third-order valence-corrected chi connectivity index (χ3v) is 3.45. The number of thioether (sulfide) groups is 1. The molecule has 1 aliphatic rings. The summed E-state index contributed by atoms with van der Waals surface area (Å²) in [6.07, 6.45) is 1.04. The van der Waals surface area contributed by atoms with Crippen LogP contribution in [0.25, 0.3) is 0 Å². The van der Waals surface area contributed by atoms with E-state index >= 15 is 0 Å². The van der Waals surface area contributed by atoms with E-state index in [1.807, 2.05) is 5.32 Å². The fraction of sp³-hybridized carbons (Fsp3) is 0. The van der Waals surface area contributed by atoms with Crippen molar-refractivity contribution in [3.63, 3.8) is 0 Å². The van der Waals surface area contributed by atoms with Crippen molar-refractivity contribution in [2.45, 2.75) is 0 Å². The highest BCUT2D eigenvalue weighted by Crippen LogP contribution is 2.26. The summed E-state index contributed by atoms with van der Waals surface area (Å²) in [5, 5.41) is 4.75. The first-order valence-corrected chi connectivity index (χ1v) is 6.54. The van der Waals surface area contributed by atoms with Gasteiger partial charge < -0.3 is 5.32 Å². The van der Waals surface area contributed by atoms with Gasteiger partial charge in [-0.25, -0.2) is 0 Å². The molecule has 0 aromatic heterocycles. The molecule has 0 aliphatic carbocycles. The molecule has 2 N–H and O–H groups in total. The van der Waals surface area contributed by atoms with Crippen LogP contribution in [0, 0.1) is 0 Å². The topological polar surface area (TPSA) is 75.3 Å². The molecule has 1 aliphatic heterocycles. The first-order valence-electron chi connectivity index (χ1n) is 4.96. The van der Waals surface area contributed by atoms with E-state index in [0.717, 1.165) is 6.08 Å². The van der Waals surface area contributed by atoms with Crippen molar-refractivity contribution >= 4 is 57.7 Å². The van der Waals surface area contributed by atoms with Crippen molar-refractivity contribution < 1.29 is 14.4 Å². The summed E-state index contributed by atoms with van der Waals surface area (Å²) in [5.41, 5.74) is 0.364. The summed E-state index contributed by atoms with van der Waals surface area (Å²) in [6.45, 7) is 0. The van der Waals surface area contributed by atoms with Crippen LogP contribution < -0.4 is 10.6 Å². The zero-order chi connectivity index (χ0) is 14.0. The Balaban J connectivity index is 2.12. The van der Waals surface area contributed by atoms with E-state index in [0.29, 0.717) is 22.5 Å². The van der Waals surface area contributed by atoms with Crippen LogP contribution in [0.5, 0.6) is 0 Å². The van der Waals surface area contributed by atoms with Crippen LogP contribution >= 0.6 is 35.0 Å². The summed E-state index contributed by atoms with van der Waals surface area (Å²) in [7, 11) is 0.